The lowest BCUT2D eigenvalue weighted by Crippen LogP contribution is -2.41. The van der Waals surface area contributed by atoms with E-state index in [4.69, 9.17) is 0 Å². The minimum absolute atomic E-state index is 0.0258. The standard InChI is InChI=1S/C31H31F5N6O2S/c1-18-15-19(2)26(20(3)16-18)41-13-4-14-45-30(41)39-29(43)38-27(33)25(32)21-5-7-22(8-6-21)28-37-17-42(40-28)23-9-11-24(12-10-23)44-31(34,35)36/h5-12,15-17,25,27,29,38,43H,4,13-14H2,1-3H3/b39-30-. The van der Waals surface area contributed by atoms with Gasteiger partial charge < -0.3 is 14.7 Å². The molecule has 1 aromatic heterocycles. The van der Waals surface area contributed by atoms with Crippen molar-refractivity contribution in [3.8, 4) is 22.8 Å². The molecule has 3 atom stereocenters. The van der Waals surface area contributed by atoms with E-state index in [1.165, 1.54) is 59.2 Å². The number of nitrogens with one attached hydrogen (secondary N) is 1. The lowest BCUT2D eigenvalue weighted by molar-refractivity contribution is -0.274. The lowest BCUT2D eigenvalue weighted by atomic mass is 10.0. The van der Waals surface area contributed by atoms with E-state index in [0.29, 0.717) is 23.0 Å². The van der Waals surface area contributed by atoms with Gasteiger partial charge >= 0.3 is 6.36 Å². The number of aromatic nitrogens is 3. The molecule has 1 aliphatic heterocycles. The molecule has 0 saturated carbocycles. The molecule has 1 fully saturated rings. The van der Waals surface area contributed by atoms with Gasteiger partial charge in [0.1, 0.15) is 12.1 Å². The zero-order chi connectivity index (χ0) is 32.3. The molecule has 2 N–H and O–H groups in total. The Hall–Kier alpha value is -4.01. The maximum Gasteiger partial charge on any atom is 0.573 e. The van der Waals surface area contributed by atoms with Crippen molar-refractivity contribution < 1.29 is 31.8 Å². The van der Waals surface area contributed by atoms with Gasteiger partial charge in [-0.25, -0.2) is 28.8 Å². The van der Waals surface area contributed by atoms with E-state index in [9.17, 15) is 22.7 Å². The number of hydrogen-bond acceptors (Lipinski definition) is 7. The van der Waals surface area contributed by atoms with Crippen molar-refractivity contribution in [1.29, 1.82) is 0 Å². The molecular weight excluding hydrogens is 615 g/mol. The fraction of sp³-hybridized carbons (Fsp3) is 0.323. The van der Waals surface area contributed by atoms with Gasteiger partial charge in [-0.15, -0.1) is 18.3 Å². The first kappa shape index (κ1) is 32.4. The van der Waals surface area contributed by atoms with Gasteiger partial charge in [-0.1, -0.05) is 53.7 Å². The molecular formula is C31H31F5N6O2S. The van der Waals surface area contributed by atoms with Crippen LogP contribution in [0.25, 0.3) is 17.1 Å². The van der Waals surface area contributed by atoms with E-state index in [1.54, 1.807) is 0 Å². The molecule has 2 heterocycles. The molecule has 0 radical (unpaired) electrons. The van der Waals surface area contributed by atoms with Gasteiger partial charge in [0.15, 0.2) is 23.5 Å². The van der Waals surface area contributed by atoms with Crippen molar-refractivity contribution in [1.82, 2.24) is 20.1 Å². The summed E-state index contributed by atoms with van der Waals surface area (Å²) in [5, 5.41) is 17.6. The quantitative estimate of drug-likeness (QED) is 0.116. The maximum absolute atomic E-state index is 15.1. The fourth-order valence-corrected chi connectivity index (χ4v) is 6.12. The second-order valence-electron chi connectivity index (χ2n) is 10.5. The summed E-state index contributed by atoms with van der Waals surface area (Å²) >= 11 is 1.45. The highest BCUT2D eigenvalue weighted by molar-refractivity contribution is 8.14. The Morgan fingerprint density at radius 1 is 1.00 bits per heavy atom. The summed E-state index contributed by atoms with van der Waals surface area (Å²) in [7, 11) is 0. The number of alkyl halides is 5. The average molecular weight is 647 g/mol. The summed E-state index contributed by atoms with van der Waals surface area (Å²) in [6, 6.07) is 15.0. The monoisotopic (exact) mass is 646 g/mol. The lowest BCUT2D eigenvalue weighted by Gasteiger charge is -2.33. The number of aliphatic hydroxyl groups excluding tert-OH is 1. The molecule has 3 unspecified atom stereocenters. The zero-order valence-electron chi connectivity index (χ0n) is 24.6. The number of benzene rings is 3. The van der Waals surface area contributed by atoms with Crippen LogP contribution in [0.5, 0.6) is 5.75 Å². The number of aliphatic hydroxyl groups is 1. The first-order valence-corrected chi connectivity index (χ1v) is 15.0. The fourth-order valence-electron chi connectivity index (χ4n) is 5.15. The van der Waals surface area contributed by atoms with Crippen molar-refractivity contribution in [3.05, 3.63) is 89.2 Å². The molecule has 0 spiro atoms. The Bertz CT molecular complexity index is 1620. The van der Waals surface area contributed by atoms with Crippen LogP contribution in [0.4, 0.5) is 27.6 Å². The molecule has 14 heteroatoms. The summed E-state index contributed by atoms with van der Waals surface area (Å²) in [5.41, 5.74) is 5.24. The van der Waals surface area contributed by atoms with Crippen LogP contribution in [0, 0.1) is 20.8 Å². The Morgan fingerprint density at radius 2 is 1.67 bits per heavy atom. The SMILES string of the molecule is Cc1cc(C)c(N2CCCS/C2=N\C(O)NC(F)C(F)c2ccc(-c3ncn(-c4ccc(OC(F)(F)F)cc4)n3)cc2)c(C)c1. The Morgan fingerprint density at radius 3 is 2.31 bits per heavy atom. The van der Waals surface area contributed by atoms with Crippen LogP contribution < -0.4 is 15.0 Å². The number of thioether (sulfide) groups is 1. The number of nitrogens with zero attached hydrogens (tertiary/aromatic N) is 5. The average Bonchev–Trinajstić information content (AvgIpc) is 3.47. The zero-order valence-corrected chi connectivity index (χ0v) is 25.4. The molecule has 1 saturated heterocycles. The first-order chi connectivity index (χ1) is 21.4. The molecule has 0 bridgehead atoms. The molecule has 0 amide bonds. The van der Waals surface area contributed by atoms with Gasteiger partial charge in [-0.2, -0.15) is 0 Å². The van der Waals surface area contributed by atoms with Crippen molar-refractivity contribution in [2.24, 2.45) is 4.99 Å². The van der Waals surface area contributed by atoms with Gasteiger partial charge in [0.2, 0.25) is 6.35 Å². The van der Waals surface area contributed by atoms with Crippen LogP contribution in [0.1, 0.15) is 34.8 Å². The van der Waals surface area contributed by atoms with Crippen LogP contribution in [0.2, 0.25) is 0 Å². The topological polar surface area (TPSA) is 87.8 Å². The predicted octanol–water partition coefficient (Wildman–Crippen LogP) is 6.93. The highest BCUT2D eigenvalue weighted by Gasteiger charge is 2.31. The predicted molar refractivity (Wildman–Crippen MR) is 164 cm³/mol. The van der Waals surface area contributed by atoms with E-state index < -0.39 is 25.2 Å². The second kappa shape index (κ2) is 13.5. The Balaban J connectivity index is 1.22. The molecule has 8 nitrogen and oxygen atoms in total. The third-order valence-electron chi connectivity index (χ3n) is 7.01. The minimum atomic E-state index is -4.80. The molecule has 45 heavy (non-hydrogen) atoms. The second-order valence-corrected chi connectivity index (χ2v) is 11.6. The van der Waals surface area contributed by atoms with Crippen molar-refractivity contribution >= 4 is 22.6 Å². The summed E-state index contributed by atoms with van der Waals surface area (Å²) in [6.07, 6.45) is -8.53. The number of hydrogen-bond donors (Lipinski definition) is 2. The van der Waals surface area contributed by atoms with Gasteiger partial charge in [-0.05, 0) is 68.1 Å². The highest BCUT2D eigenvalue weighted by Crippen LogP contribution is 2.32. The number of amidine groups is 1. The largest absolute Gasteiger partial charge is 0.573 e. The summed E-state index contributed by atoms with van der Waals surface area (Å²) in [5.74, 6) is 0.688. The number of aliphatic imine (C=N–C) groups is 1. The minimum Gasteiger partial charge on any atom is -0.406 e. The van der Waals surface area contributed by atoms with Crippen LogP contribution in [-0.2, 0) is 0 Å². The van der Waals surface area contributed by atoms with E-state index in [2.05, 4.69) is 37.3 Å². The third kappa shape index (κ3) is 7.99. The molecule has 1 aliphatic rings. The number of aryl methyl sites for hydroxylation is 3. The summed E-state index contributed by atoms with van der Waals surface area (Å²) in [4.78, 5) is 10.5. The van der Waals surface area contributed by atoms with Crippen LogP contribution in [-0.4, -0.2) is 56.3 Å². The van der Waals surface area contributed by atoms with Gasteiger partial charge in [0.05, 0.1) is 5.69 Å². The maximum atomic E-state index is 15.1. The van der Waals surface area contributed by atoms with Crippen molar-refractivity contribution in [2.45, 2.75) is 52.4 Å². The van der Waals surface area contributed by atoms with Crippen molar-refractivity contribution in [2.75, 3.05) is 17.2 Å². The normalized spacial score (nSPS) is 16.9. The number of ether oxygens (including phenoxy) is 1. The van der Waals surface area contributed by atoms with Gasteiger partial charge in [-0.3, -0.25) is 0 Å². The Kier molecular flexibility index (Phi) is 9.75. The van der Waals surface area contributed by atoms with Crippen LogP contribution in [0.3, 0.4) is 0 Å². The summed E-state index contributed by atoms with van der Waals surface area (Å²) in [6.45, 7) is 6.74. The van der Waals surface area contributed by atoms with Crippen molar-refractivity contribution in [3.63, 3.8) is 0 Å². The molecule has 4 aromatic rings. The van der Waals surface area contributed by atoms with Crippen LogP contribution >= 0.6 is 11.8 Å². The molecule has 238 valence electrons. The molecule has 5 rings (SSSR count). The highest BCUT2D eigenvalue weighted by atomic mass is 32.2. The number of halogens is 5. The number of anilines is 1. The van der Waals surface area contributed by atoms with E-state index in [1.807, 2.05) is 25.7 Å². The molecule has 3 aromatic carbocycles. The van der Waals surface area contributed by atoms with E-state index >= 15 is 4.39 Å². The van der Waals surface area contributed by atoms with E-state index in [0.717, 1.165) is 46.7 Å². The smallest absolute Gasteiger partial charge is 0.406 e. The van der Waals surface area contributed by atoms with Crippen LogP contribution in [0.15, 0.2) is 72.0 Å². The van der Waals surface area contributed by atoms with Gasteiger partial charge in [0.25, 0.3) is 0 Å². The molecule has 0 aliphatic carbocycles. The third-order valence-corrected chi connectivity index (χ3v) is 8.08. The van der Waals surface area contributed by atoms with E-state index in [-0.39, 0.29) is 17.1 Å². The first-order valence-electron chi connectivity index (χ1n) is 14.0. The number of rotatable bonds is 9. The Labute approximate surface area is 261 Å². The van der Waals surface area contributed by atoms with Gasteiger partial charge in [0, 0.05) is 23.5 Å². The summed E-state index contributed by atoms with van der Waals surface area (Å²) < 4.78 is 72.5.